The largest absolute Gasteiger partial charge is 0.365 e. The Morgan fingerprint density at radius 1 is 1.30 bits per heavy atom. The molecule has 3 rings (SSSR count). The first-order valence-corrected chi connectivity index (χ1v) is 8.84. The van der Waals surface area contributed by atoms with Crippen LogP contribution in [0.5, 0.6) is 0 Å². The fraction of sp³-hybridized carbons (Fsp3) is 0.316. The van der Waals surface area contributed by atoms with E-state index in [9.17, 15) is 4.79 Å². The van der Waals surface area contributed by atoms with Gasteiger partial charge in [-0.1, -0.05) is 19.9 Å². The first kappa shape index (κ1) is 18.7. The molecule has 8 heteroatoms. The fourth-order valence-electron chi connectivity index (χ4n) is 2.73. The standard InChI is InChI=1S/C19H25N7O/c1-11(2)14(20)10-23-19-22-9-13(17(21)27)18(25-19)24-15-5-4-6-16-12(15)7-8-26(16)3/h4-9,11,14H,10,20H2,1-3H3,(H2,21,27)(H2,22,23,24,25). The van der Waals surface area contributed by atoms with Gasteiger partial charge in [0.05, 0.1) is 0 Å². The van der Waals surface area contributed by atoms with E-state index in [1.807, 2.05) is 42.1 Å². The summed E-state index contributed by atoms with van der Waals surface area (Å²) in [6.07, 6.45) is 3.40. The van der Waals surface area contributed by atoms with Gasteiger partial charge in [-0.2, -0.15) is 4.98 Å². The summed E-state index contributed by atoms with van der Waals surface area (Å²) in [7, 11) is 1.98. The number of hydrogen-bond acceptors (Lipinski definition) is 6. The third kappa shape index (κ3) is 4.01. The number of carbonyl (C=O) groups excluding carboxylic acids is 1. The molecule has 1 atom stereocenters. The Labute approximate surface area is 158 Å². The van der Waals surface area contributed by atoms with Gasteiger partial charge in [0.25, 0.3) is 5.91 Å². The second kappa shape index (κ2) is 7.63. The number of aryl methyl sites for hydroxylation is 1. The molecule has 2 heterocycles. The number of carbonyl (C=O) groups is 1. The van der Waals surface area contributed by atoms with Crippen LogP contribution in [0.1, 0.15) is 24.2 Å². The van der Waals surface area contributed by atoms with Gasteiger partial charge in [-0.05, 0) is 24.1 Å². The van der Waals surface area contributed by atoms with Crippen molar-refractivity contribution >= 4 is 34.3 Å². The minimum Gasteiger partial charge on any atom is -0.365 e. The van der Waals surface area contributed by atoms with Crippen molar-refractivity contribution in [2.24, 2.45) is 24.4 Å². The van der Waals surface area contributed by atoms with Gasteiger partial charge >= 0.3 is 0 Å². The Bertz CT molecular complexity index is 964. The summed E-state index contributed by atoms with van der Waals surface area (Å²) in [6.45, 7) is 4.63. The molecule has 6 N–H and O–H groups in total. The first-order chi connectivity index (χ1) is 12.9. The lowest BCUT2D eigenvalue weighted by atomic mass is 10.1. The number of amides is 1. The number of primary amides is 1. The highest BCUT2D eigenvalue weighted by Crippen LogP contribution is 2.27. The van der Waals surface area contributed by atoms with Gasteiger partial charge in [0.2, 0.25) is 5.95 Å². The van der Waals surface area contributed by atoms with Gasteiger partial charge in [-0.25, -0.2) is 4.98 Å². The number of nitrogens with two attached hydrogens (primary N) is 2. The lowest BCUT2D eigenvalue weighted by molar-refractivity contribution is 0.100. The Morgan fingerprint density at radius 3 is 2.78 bits per heavy atom. The van der Waals surface area contributed by atoms with Crippen LogP contribution in [0.3, 0.4) is 0 Å². The van der Waals surface area contributed by atoms with E-state index in [4.69, 9.17) is 11.5 Å². The summed E-state index contributed by atoms with van der Waals surface area (Å²) in [5.41, 5.74) is 13.7. The third-order valence-corrected chi connectivity index (χ3v) is 4.59. The lowest BCUT2D eigenvalue weighted by Gasteiger charge is -2.17. The molecule has 0 aliphatic heterocycles. The van der Waals surface area contributed by atoms with Crippen molar-refractivity contribution in [3.8, 4) is 0 Å². The highest BCUT2D eigenvalue weighted by molar-refractivity contribution is 6.00. The maximum Gasteiger partial charge on any atom is 0.254 e. The van der Waals surface area contributed by atoms with Crippen molar-refractivity contribution in [3.05, 3.63) is 42.2 Å². The zero-order chi connectivity index (χ0) is 19.6. The van der Waals surface area contributed by atoms with E-state index in [1.165, 1.54) is 6.20 Å². The smallest absolute Gasteiger partial charge is 0.254 e. The molecule has 0 bridgehead atoms. The number of nitrogens with zero attached hydrogens (tertiary/aromatic N) is 3. The third-order valence-electron chi connectivity index (χ3n) is 4.59. The molecule has 0 spiro atoms. The fourth-order valence-corrected chi connectivity index (χ4v) is 2.73. The summed E-state index contributed by atoms with van der Waals surface area (Å²) in [5, 5.41) is 7.36. The van der Waals surface area contributed by atoms with Crippen LogP contribution >= 0.6 is 0 Å². The molecular formula is C19H25N7O. The van der Waals surface area contributed by atoms with Gasteiger partial charge in [-0.3, -0.25) is 4.79 Å². The van der Waals surface area contributed by atoms with Crippen LogP contribution in [0.4, 0.5) is 17.5 Å². The Hall–Kier alpha value is -3.13. The normalized spacial score (nSPS) is 12.3. The Balaban J connectivity index is 1.92. The first-order valence-electron chi connectivity index (χ1n) is 8.84. The van der Waals surface area contributed by atoms with Crippen molar-refractivity contribution in [3.63, 3.8) is 0 Å². The molecule has 0 saturated carbocycles. The van der Waals surface area contributed by atoms with Crippen LogP contribution < -0.4 is 22.1 Å². The Morgan fingerprint density at radius 2 is 2.07 bits per heavy atom. The topological polar surface area (TPSA) is 124 Å². The van der Waals surface area contributed by atoms with E-state index in [2.05, 4.69) is 34.4 Å². The summed E-state index contributed by atoms with van der Waals surface area (Å²) < 4.78 is 2.02. The van der Waals surface area contributed by atoms with Gasteiger partial charge in [0.15, 0.2) is 0 Å². The highest BCUT2D eigenvalue weighted by atomic mass is 16.1. The molecule has 8 nitrogen and oxygen atoms in total. The minimum absolute atomic E-state index is 0.0288. The number of aromatic nitrogens is 3. The van der Waals surface area contributed by atoms with Crippen LogP contribution in [-0.4, -0.2) is 33.0 Å². The van der Waals surface area contributed by atoms with E-state index in [0.717, 1.165) is 16.6 Å². The second-order valence-electron chi connectivity index (χ2n) is 6.90. The average molecular weight is 367 g/mol. The molecule has 1 aromatic carbocycles. The number of anilines is 3. The van der Waals surface area contributed by atoms with Crippen molar-refractivity contribution in [1.29, 1.82) is 0 Å². The highest BCUT2D eigenvalue weighted by Gasteiger charge is 2.15. The molecule has 2 aromatic heterocycles. The van der Waals surface area contributed by atoms with Crippen molar-refractivity contribution in [2.75, 3.05) is 17.2 Å². The van der Waals surface area contributed by atoms with E-state index in [1.54, 1.807) is 0 Å². The molecule has 27 heavy (non-hydrogen) atoms. The summed E-state index contributed by atoms with van der Waals surface area (Å²) in [5.74, 6) is 0.479. The van der Waals surface area contributed by atoms with E-state index < -0.39 is 5.91 Å². The molecule has 142 valence electrons. The number of fused-ring (bicyclic) bond motifs is 1. The second-order valence-corrected chi connectivity index (χ2v) is 6.90. The van der Waals surface area contributed by atoms with Gasteiger partial charge in [-0.15, -0.1) is 0 Å². The molecule has 0 aliphatic carbocycles. The maximum absolute atomic E-state index is 11.8. The summed E-state index contributed by atoms with van der Waals surface area (Å²) >= 11 is 0. The summed E-state index contributed by atoms with van der Waals surface area (Å²) in [4.78, 5) is 20.4. The van der Waals surface area contributed by atoms with E-state index in [0.29, 0.717) is 24.2 Å². The predicted octanol–water partition coefficient (Wildman–Crippen LogP) is 2.21. The van der Waals surface area contributed by atoms with E-state index in [-0.39, 0.29) is 11.6 Å². The predicted molar refractivity (Wildman–Crippen MR) is 108 cm³/mol. The van der Waals surface area contributed by atoms with E-state index >= 15 is 0 Å². The Kier molecular flexibility index (Phi) is 5.27. The quantitative estimate of drug-likeness (QED) is 0.507. The van der Waals surface area contributed by atoms with Gasteiger partial charge in [0, 0.05) is 48.6 Å². The maximum atomic E-state index is 11.8. The van der Waals surface area contributed by atoms with Crippen molar-refractivity contribution in [2.45, 2.75) is 19.9 Å². The molecule has 0 saturated heterocycles. The molecule has 1 unspecified atom stereocenters. The van der Waals surface area contributed by atoms with Crippen LogP contribution in [0, 0.1) is 5.92 Å². The molecule has 0 radical (unpaired) electrons. The van der Waals surface area contributed by atoms with Crippen molar-refractivity contribution in [1.82, 2.24) is 14.5 Å². The molecule has 1 amide bonds. The van der Waals surface area contributed by atoms with Crippen molar-refractivity contribution < 1.29 is 4.79 Å². The molecule has 3 aromatic rings. The molecule has 0 fully saturated rings. The van der Waals surface area contributed by atoms with Crippen LogP contribution in [-0.2, 0) is 7.05 Å². The lowest BCUT2D eigenvalue weighted by Crippen LogP contribution is -2.34. The monoisotopic (exact) mass is 367 g/mol. The average Bonchev–Trinajstić information content (AvgIpc) is 3.01. The SMILES string of the molecule is CC(C)C(N)CNc1ncc(C(N)=O)c(Nc2cccc3c2ccn3C)n1. The number of nitrogens with one attached hydrogen (secondary N) is 2. The molecule has 0 aliphatic rings. The van der Waals surface area contributed by atoms with Crippen LogP contribution in [0.15, 0.2) is 36.7 Å². The number of hydrogen-bond donors (Lipinski definition) is 4. The number of rotatable bonds is 7. The molecular weight excluding hydrogens is 342 g/mol. The zero-order valence-corrected chi connectivity index (χ0v) is 15.7. The van der Waals surface area contributed by atoms with Gasteiger partial charge < -0.3 is 26.7 Å². The van der Waals surface area contributed by atoms with Gasteiger partial charge in [0.1, 0.15) is 11.4 Å². The number of benzene rings is 1. The van der Waals surface area contributed by atoms with Crippen LogP contribution in [0.2, 0.25) is 0 Å². The summed E-state index contributed by atoms with van der Waals surface area (Å²) in [6, 6.07) is 7.87. The minimum atomic E-state index is -0.594. The zero-order valence-electron chi connectivity index (χ0n) is 15.7. The van der Waals surface area contributed by atoms with Crippen LogP contribution in [0.25, 0.3) is 10.9 Å².